The Morgan fingerprint density at radius 3 is 2.60 bits per heavy atom. The topological polar surface area (TPSA) is 78.9 Å². The van der Waals surface area contributed by atoms with Crippen LogP contribution >= 0.6 is 11.6 Å². The smallest absolute Gasteiger partial charge is 0.282 e. The van der Waals surface area contributed by atoms with E-state index >= 15 is 0 Å². The van der Waals surface area contributed by atoms with Crippen molar-refractivity contribution in [2.24, 2.45) is 0 Å². The maximum Gasteiger partial charge on any atom is 0.282 e. The fourth-order valence-electron chi connectivity index (χ4n) is 2.39. The number of hydrogen-bond acceptors (Lipinski definition) is 4. The average molecular weight is 359 g/mol. The molecule has 128 valence electrons. The number of carbonyl (C=O) groups is 2. The second-order valence-corrected chi connectivity index (χ2v) is 5.71. The van der Waals surface area contributed by atoms with Crippen LogP contribution in [0.4, 0.5) is 5.69 Å². The first-order chi connectivity index (χ1) is 12.0. The molecule has 0 aromatic heterocycles. The van der Waals surface area contributed by atoms with Crippen LogP contribution in [0.2, 0.25) is 5.02 Å². The number of hydrazine groups is 1. The molecule has 2 aromatic carbocycles. The van der Waals surface area contributed by atoms with Crippen LogP contribution in [-0.4, -0.2) is 23.5 Å². The lowest BCUT2D eigenvalue weighted by Gasteiger charge is -2.14. The third-order valence-corrected chi connectivity index (χ3v) is 3.82. The van der Waals surface area contributed by atoms with Crippen molar-refractivity contribution >= 4 is 35.2 Å². The van der Waals surface area contributed by atoms with Gasteiger partial charge in [0.15, 0.2) is 11.5 Å². The lowest BCUT2D eigenvalue weighted by Crippen LogP contribution is -2.35. The normalized spacial score (nSPS) is 15.6. The Morgan fingerprint density at radius 2 is 1.92 bits per heavy atom. The number of nitrogens with zero attached hydrogens (tertiary/aromatic N) is 1. The Labute approximate surface area is 149 Å². The van der Waals surface area contributed by atoms with Crippen molar-refractivity contribution < 1.29 is 19.4 Å². The van der Waals surface area contributed by atoms with E-state index in [9.17, 15) is 14.7 Å². The maximum atomic E-state index is 12.5. The number of aromatic hydroxyl groups is 1. The van der Waals surface area contributed by atoms with E-state index in [1.807, 2.05) is 0 Å². The van der Waals surface area contributed by atoms with Crippen molar-refractivity contribution in [3.8, 4) is 11.5 Å². The fraction of sp³-hybridized carbons (Fsp3) is 0.111. The molecular formula is C18H15ClN2O4. The highest BCUT2D eigenvalue weighted by molar-refractivity contribution is 6.32. The van der Waals surface area contributed by atoms with Crippen molar-refractivity contribution in [2.45, 2.75) is 6.92 Å². The van der Waals surface area contributed by atoms with Crippen LogP contribution in [0.15, 0.2) is 48.0 Å². The maximum absolute atomic E-state index is 12.5. The lowest BCUT2D eigenvalue weighted by molar-refractivity contribution is -0.117. The van der Waals surface area contributed by atoms with Gasteiger partial charge in [-0.3, -0.25) is 15.0 Å². The number of hydrogen-bond donors (Lipinski definition) is 2. The molecule has 0 spiro atoms. The van der Waals surface area contributed by atoms with E-state index in [1.54, 1.807) is 43.3 Å². The summed E-state index contributed by atoms with van der Waals surface area (Å²) in [5.41, 5.74) is 3.58. The van der Waals surface area contributed by atoms with Gasteiger partial charge in [-0.05, 0) is 55.0 Å². The molecule has 2 aromatic rings. The molecule has 1 fully saturated rings. The van der Waals surface area contributed by atoms with Gasteiger partial charge in [-0.25, -0.2) is 5.01 Å². The van der Waals surface area contributed by atoms with Crippen LogP contribution in [0.1, 0.15) is 12.5 Å². The summed E-state index contributed by atoms with van der Waals surface area (Å²) in [5, 5.41) is 11.4. The van der Waals surface area contributed by atoms with Crippen molar-refractivity contribution in [2.75, 3.05) is 11.6 Å². The average Bonchev–Trinajstić information content (AvgIpc) is 2.87. The van der Waals surface area contributed by atoms with Crippen LogP contribution in [0.3, 0.4) is 0 Å². The molecule has 7 heteroatoms. The summed E-state index contributed by atoms with van der Waals surface area (Å²) in [6.07, 6.45) is 1.45. The molecule has 3 rings (SSSR count). The third kappa shape index (κ3) is 3.44. The van der Waals surface area contributed by atoms with E-state index in [0.717, 1.165) is 5.01 Å². The van der Waals surface area contributed by atoms with Gasteiger partial charge in [0.1, 0.15) is 5.57 Å². The van der Waals surface area contributed by atoms with Gasteiger partial charge < -0.3 is 9.84 Å². The molecule has 2 N–H and O–H groups in total. The second-order valence-electron chi connectivity index (χ2n) is 5.28. The molecule has 1 saturated heterocycles. The van der Waals surface area contributed by atoms with E-state index in [1.165, 1.54) is 12.1 Å². The molecule has 0 saturated carbocycles. The molecular weight excluding hydrogens is 344 g/mol. The summed E-state index contributed by atoms with van der Waals surface area (Å²) in [7, 11) is 0. The highest BCUT2D eigenvalue weighted by Crippen LogP contribution is 2.29. The number of phenolic OH excluding ortho intramolecular Hbond substituents is 1. The summed E-state index contributed by atoms with van der Waals surface area (Å²) in [6, 6.07) is 11.1. The minimum absolute atomic E-state index is 0.00556. The number of benzene rings is 2. The first-order valence-corrected chi connectivity index (χ1v) is 7.96. The standard InChI is InChI=1S/C18H15ClN2O4/c1-2-25-16-10-11(3-8-15(16)22)9-14-17(23)20-21(18(14)24)13-6-4-12(19)5-7-13/h3-10,22H,2H2,1H3,(H,20,23)/b14-9+. The zero-order valence-corrected chi connectivity index (χ0v) is 14.1. The molecule has 1 aliphatic rings. The van der Waals surface area contributed by atoms with Crippen molar-refractivity contribution in [1.82, 2.24) is 5.43 Å². The zero-order valence-electron chi connectivity index (χ0n) is 13.3. The van der Waals surface area contributed by atoms with E-state index in [-0.39, 0.29) is 17.1 Å². The van der Waals surface area contributed by atoms with Gasteiger partial charge in [0.2, 0.25) is 0 Å². The Morgan fingerprint density at radius 1 is 1.20 bits per heavy atom. The zero-order chi connectivity index (χ0) is 18.0. The minimum atomic E-state index is -0.508. The van der Waals surface area contributed by atoms with E-state index in [2.05, 4.69) is 5.43 Å². The monoisotopic (exact) mass is 358 g/mol. The second kappa shape index (κ2) is 6.86. The van der Waals surface area contributed by atoms with Gasteiger partial charge in [-0.1, -0.05) is 17.7 Å². The Kier molecular flexibility index (Phi) is 4.63. The van der Waals surface area contributed by atoms with Crippen LogP contribution in [0, 0.1) is 0 Å². The summed E-state index contributed by atoms with van der Waals surface area (Å²) >= 11 is 5.84. The Bertz CT molecular complexity index is 862. The predicted octanol–water partition coefficient (Wildman–Crippen LogP) is 2.91. The first kappa shape index (κ1) is 16.9. The highest BCUT2D eigenvalue weighted by atomic mass is 35.5. The summed E-state index contributed by atoms with van der Waals surface area (Å²) in [6.45, 7) is 2.18. The molecule has 0 aliphatic carbocycles. The van der Waals surface area contributed by atoms with Crippen molar-refractivity contribution in [3.05, 3.63) is 58.6 Å². The van der Waals surface area contributed by atoms with Gasteiger partial charge in [0.25, 0.3) is 11.8 Å². The number of amides is 2. The van der Waals surface area contributed by atoms with Crippen LogP contribution in [0.25, 0.3) is 6.08 Å². The van der Waals surface area contributed by atoms with E-state index < -0.39 is 11.8 Å². The molecule has 1 aliphatic heterocycles. The number of nitrogens with one attached hydrogen (secondary N) is 1. The number of anilines is 1. The molecule has 0 atom stereocenters. The molecule has 0 unspecified atom stereocenters. The number of ether oxygens (including phenoxy) is 1. The van der Waals surface area contributed by atoms with Gasteiger partial charge in [-0.15, -0.1) is 0 Å². The van der Waals surface area contributed by atoms with E-state index in [0.29, 0.717) is 22.9 Å². The van der Waals surface area contributed by atoms with Crippen LogP contribution in [-0.2, 0) is 9.59 Å². The van der Waals surface area contributed by atoms with Gasteiger partial charge in [0.05, 0.1) is 12.3 Å². The molecule has 1 heterocycles. The minimum Gasteiger partial charge on any atom is -0.504 e. The highest BCUT2D eigenvalue weighted by Gasteiger charge is 2.34. The quantitative estimate of drug-likeness (QED) is 0.650. The number of phenols is 1. The molecule has 0 bridgehead atoms. The van der Waals surface area contributed by atoms with Crippen LogP contribution in [0.5, 0.6) is 11.5 Å². The Hall–Kier alpha value is -2.99. The van der Waals surface area contributed by atoms with Gasteiger partial charge in [0, 0.05) is 5.02 Å². The van der Waals surface area contributed by atoms with Crippen molar-refractivity contribution in [1.29, 1.82) is 0 Å². The summed E-state index contributed by atoms with van der Waals surface area (Å²) < 4.78 is 5.31. The fourth-order valence-corrected chi connectivity index (χ4v) is 2.51. The van der Waals surface area contributed by atoms with Gasteiger partial charge >= 0.3 is 0 Å². The van der Waals surface area contributed by atoms with Crippen molar-refractivity contribution in [3.63, 3.8) is 0 Å². The number of halogens is 1. The predicted molar refractivity (Wildman–Crippen MR) is 94.3 cm³/mol. The molecule has 25 heavy (non-hydrogen) atoms. The SMILES string of the molecule is CCOc1cc(/C=C2\C(=O)NN(c3ccc(Cl)cc3)C2=O)ccc1O. The van der Waals surface area contributed by atoms with E-state index in [4.69, 9.17) is 16.3 Å². The first-order valence-electron chi connectivity index (χ1n) is 7.58. The summed E-state index contributed by atoms with van der Waals surface area (Å²) in [4.78, 5) is 24.7. The third-order valence-electron chi connectivity index (χ3n) is 3.57. The summed E-state index contributed by atoms with van der Waals surface area (Å²) in [5.74, 6) is -0.699. The number of rotatable bonds is 4. The lowest BCUT2D eigenvalue weighted by atomic mass is 10.1. The Balaban J connectivity index is 1.91. The van der Waals surface area contributed by atoms with Crippen LogP contribution < -0.4 is 15.2 Å². The number of carbonyl (C=O) groups excluding carboxylic acids is 2. The van der Waals surface area contributed by atoms with Gasteiger partial charge in [-0.2, -0.15) is 0 Å². The molecule has 6 nitrogen and oxygen atoms in total. The molecule has 0 radical (unpaired) electrons. The largest absolute Gasteiger partial charge is 0.504 e. The molecule has 2 amide bonds.